The van der Waals surface area contributed by atoms with E-state index in [4.69, 9.17) is 5.73 Å². The number of hydrogen-bond donors (Lipinski definition) is 2. The van der Waals surface area contributed by atoms with E-state index in [2.05, 4.69) is 15.2 Å². The molecule has 0 bridgehead atoms. The molecule has 5 nitrogen and oxygen atoms in total. The van der Waals surface area contributed by atoms with E-state index in [0.717, 1.165) is 37.4 Å². The maximum Gasteiger partial charge on any atom is 0.227 e. The summed E-state index contributed by atoms with van der Waals surface area (Å²) in [5, 5.41) is 2.91. The Hall–Kier alpha value is -1.62. The smallest absolute Gasteiger partial charge is 0.227 e. The van der Waals surface area contributed by atoms with Crippen LogP contribution in [0.15, 0.2) is 18.3 Å². The lowest BCUT2D eigenvalue weighted by Gasteiger charge is -2.17. The Kier molecular flexibility index (Phi) is 5.35. The molecule has 1 aliphatic rings. The number of pyridine rings is 1. The van der Waals surface area contributed by atoms with Gasteiger partial charge in [-0.15, -0.1) is 0 Å². The third-order valence-electron chi connectivity index (χ3n) is 3.73. The average molecular weight is 276 g/mol. The average Bonchev–Trinajstić information content (AvgIpc) is 2.99. The molecule has 1 unspecified atom stereocenters. The van der Waals surface area contributed by atoms with Gasteiger partial charge in [0.1, 0.15) is 5.82 Å². The molecule has 0 saturated carbocycles. The summed E-state index contributed by atoms with van der Waals surface area (Å²) < 4.78 is 0. The largest absolute Gasteiger partial charge is 0.357 e. The highest BCUT2D eigenvalue weighted by Gasteiger charge is 2.15. The molecule has 110 valence electrons. The Morgan fingerprint density at radius 2 is 2.20 bits per heavy atom. The van der Waals surface area contributed by atoms with Gasteiger partial charge in [-0.1, -0.05) is 6.92 Å². The van der Waals surface area contributed by atoms with Crippen molar-refractivity contribution in [2.45, 2.75) is 32.6 Å². The first kappa shape index (κ1) is 14.8. The molecular formula is C15H24N4O. The molecule has 1 fully saturated rings. The second-order valence-electron chi connectivity index (χ2n) is 5.42. The van der Waals surface area contributed by atoms with Crippen LogP contribution in [0.2, 0.25) is 0 Å². The zero-order valence-electron chi connectivity index (χ0n) is 12.1. The Morgan fingerprint density at radius 3 is 2.80 bits per heavy atom. The minimum Gasteiger partial charge on any atom is -0.357 e. The number of nitrogens with zero attached hydrogens (tertiary/aromatic N) is 2. The van der Waals surface area contributed by atoms with Crippen molar-refractivity contribution in [1.29, 1.82) is 0 Å². The molecule has 1 saturated heterocycles. The normalized spacial score (nSPS) is 16.2. The minimum atomic E-state index is -0.0168. The first-order valence-corrected chi connectivity index (χ1v) is 7.42. The summed E-state index contributed by atoms with van der Waals surface area (Å²) in [6.07, 6.45) is 5.90. The van der Waals surface area contributed by atoms with Crippen LogP contribution in [0.4, 0.5) is 11.5 Å². The molecule has 3 N–H and O–H groups in total. The molecule has 2 rings (SSSR count). The molecule has 5 heteroatoms. The van der Waals surface area contributed by atoms with Crippen molar-refractivity contribution in [2.75, 3.05) is 29.9 Å². The van der Waals surface area contributed by atoms with Crippen molar-refractivity contribution in [3.8, 4) is 0 Å². The van der Waals surface area contributed by atoms with E-state index in [1.54, 1.807) is 6.20 Å². The van der Waals surface area contributed by atoms with Crippen LogP contribution in [0, 0.1) is 5.92 Å². The van der Waals surface area contributed by atoms with E-state index in [9.17, 15) is 4.79 Å². The number of anilines is 2. The predicted octanol–water partition coefficient (Wildman–Crippen LogP) is 2.00. The maximum absolute atomic E-state index is 12.0. The standard InChI is InChI=1S/C15H24N4O/c1-12(5-4-8-16)15(20)18-13-6-7-14(17-11-13)19-9-2-3-10-19/h6-7,11-12H,2-5,8-10,16H2,1H3,(H,18,20). The molecule has 1 aliphatic heterocycles. The van der Waals surface area contributed by atoms with E-state index in [1.165, 1.54) is 12.8 Å². The second-order valence-corrected chi connectivity index (χ2v) is 5.42. The fourth-order valence-electron chi connectivity index (χ4n) is 2.41. The number of nitrogens with two attached hydrogens (primary N) is 1. The fourth-order valence-corrected chi connectivity index (χ4v) is 2.41. The summed E-state index contributed by atoms with van der Waals surface area (Å²) >= 11 is 0. The molecule has 1 aromatic heterocycles. The van der Waals surface area contributed by atoms with Crippen LogP contribution in [0.3, 0.4) is 0 Å². The summed E-state index contributed by atoms with van der Waals surface area (Å²) in [6.45, 7) is 4.71. The Labute approximate surface area is 120 Å². The number of carbonyl (C=O) groups excluding carboxylic acids is 1. The van der Waals surface area contributed by atoms with Crippen LogP contribution < -0.4 is 16.0 Å². The molecule has 1 aromatic rings. The van der Waals surface area contributed by atoms with Crippen molar-refractivity contribution in [3.63, 3.8) is 0 Å². The zero-order chi connectivity index (χ0) is 14.4. The van der Waals surface area contributed by atoms with Crippen molar-refractivity contribution >= 4 is 17.4 Å². The SMILES string of the molecule is CC(CCCN)C(=O)Nc1ccc(N2CCCC2)nc1. The van der Waals surface area contributed by atoms with Crippen LogP contribution in [0.1, 0.15) is 32.6 Å². The maximum atomic E-state index is 12.0. The van der Waals surface area contributed by atoms with Crippen molar-refractivity contribution in [1.82, 2.24) is 4.98 Å². The summed E-state index contributed by atoms with van der Waals surface area (Å²) in [5.74, 6) is 1.02. The molecule has 0 radical (unpaired) electrons. The molecule has 0 spiro atoms. The van der Waals surface area contributed by atoms with Crippen LogP contribution in [-0.4, -0.2) is 30.5 Å². The lowest BCUT2D eigenvalue weighted by atomic mass is 10.0. The van der Waals surface area contributed by atoms with Crippen LogP contribution in [0.25, 0.3) is 0 Å². The van der Waals surface area contributed by atoms with E-state index in [0.29, 0.717) is 6.54 Å². The van der Waals surface area contributed by atoms with Gasteiger partial charge in [-0.05, 0) is 44.4 Å². The van der Waals surface area contributed by atoms with Crippen LogP contribution >= 0.6 is 0 Å². The van der Waals surface area contributed by atoms with Crippen molar-refractivity contribution in [2.24, 2.45) is 11.7 Å². The topological polar surface area (TPSA) is 71.2 Å². The number of rotatable bonds is 6. The number of nitrogens with one attached hydrogen (secondary N) is 1. The van der Waals surface area contributed by atoms with Crippen molar-refractivity contribution < 1.29 is 4.79 Å². The van der Waals surface area contributed by atoms with Gasteiger partial charge >= 0.3 is 0 Å². The van der Waals surface area contributed by atoms with Gasteiger partial charge in [0.05, 0.1) is 11.9 Å². The molecule has 0 aliphatic carbocycles. The van der Waals surface area contributed by atoms with Gasteiger partial charge in [-0.3, -0.25) is 4.79 Å². The molecule has 20 heavy (non-hydrogen) atoms. The van der Waals surface area contributed by atoms with E-state index in [1.807, 2.05) is 19.1 Å². The van der Waals surface area contributed by atoms with Gasteiger partial charge in [0.2, 0.25) is 5.91 Å². The number of hydrogen-bond acceptors (Lipinski definition) is 4. The molecule has 1 atom stereocenters. The van der Waals surface area contributed by atoms with Gasteiger partial charge < -0.3 is 16.0 Å². The van der Waals surface area contributed by atoms with Gasteiger partial charge in [0, 0.05) is 19.0 Å². The van der Waals surface area contributed by atoms with E-state index >= 15 is 0 Å². The van der Waals surface area contributed by atoms with Gasteiger partial charge in [0.15, 0.2) is 0 Å². The number of carbonyl (C=O) groups is 1. The van der Waals surface area contributed by atoms with E-state index < -0.39 is 0 Å². The summed E-state index contributed by atoms with van der Waals surface area (Å²) in [4.78, 5) is 18.7. The highest BCUT2D eigenvalue weighted by Crippen LogP contribution is 2.19. The second kappa shape index (κ2) is 7.24. The monoisotopic (exact) mass is 276 g/mol. The Morgan fingerprint density at radius 1 is 1.45 bits per heavy atom. The van der Waals surface area contributed by atoms with Gasteiger partial charge in [-0.25, -0.2) is 4.98 Å². The van der Waals surface area contributed by atoms with Gasteiger partial charge in [0.25, 0.3) is 0 Å². The third-order valence-corrected chi connectivity index (χ3v) is 3.73. The summed E-state index contributed by atoms with van der Waals surface area (Å²) in [6, 6.07) is 3.90. The molecule has 1 amide bonds. The summed E-state index contributed by atoms with van der Waals surface area (Å²) in [5.41, 5.74) is 6.22. The van der Waals surface area contributed by atoms with Crippen LogP contribution in [0.5, 0.6) is 0 Å². The molecule has 2 heterocycles. The summed E-state index contributed by atoms with van der Waals surface area (Å²) in [7, 11) is 0. The fraction of sp³-hybridized carbons (Fsp3) is 0.600. The third kappa shape index (κ3) is 3.93. The zero-order valence-corrected chi connectivity index (χ0v) is 12.1. The molecule has 0 aromatic carbocycles. The highest BCUT2D eigenvalue weighted by molar-refractivity contribution is 5.92. The van der Waals surface area contributed by atoms with E-state index in [-0.39, 0.29) is 11.8 Å². The molecular weight excluding hydrogens is 252 g/mol. The minimum absolute atomic E-state index is 0.0168. The lowest BCUT2D eigenvalue weighted by Crippen LogP contribution is -2.22. The number of aromatic nitrogens is 1. The first-order chi connectivity index (χ1) is 9.70. The van der Waals surface area contributed by atoms with Crippen LogP contribution in [-0.2, 0) is 4.79 Å². The predicted molar refractivity (Wildman–Crippen MR) is 81.8 cm³/mol. The lowest BCUT2D eigenvalue weighted by molar-refractivity contribution is -0.119. The van der Waals surface area contributed by atoms with Gasteiger partial charge in [-0.2, -0.15) is 0 Å². The quantitative estimate of drug-likeness (QED) is 0.833. The Balaban J connectivity index is 1.88. The number of amides is 1. The Bertz CT molecular complexity index is 426. The highest BCUT2D eigenvalue weighted by atomic mass is 16.1. The first-order valence-electron chi connectivity index (χ1n) is 7.42. The van der Waals surface area contributed by atoms with Crippen molar-refractivity contribution in [3.05, 3.63) is 18.3 Å².